The van der Waals surface area contributed by atoms with E-state index < -0.39 is 8.32 Å². The van der Waals surface area contributed by atoms with Crippen LogP contribution in [-0.4, -0.2) is 20.7 Å². The van der Waals surface area contributed by atoms with E-state index in [2.05, 4.69) is 33.9 Å². The Kier molecular flexibility index (Phi) is 3.28. The average Bonchev–Trinajstić information content (AvgIpc) is 2.65. The highest BCUT2D eigenvalue weighted by molar-refractivity contribution is 6.74. The van der Waals surface area contributed by atoms with E-state index >= 15 is 0 Å². The van der Waals surface area contributed by atoms with Crippen molar-refractivity contribution in [3.8, 4) is 0 Å². The van der Waals surface area contributed by atoms with Gasteiger partial charge in [-0.05, 0) is 48.7 Å². The van der Waals surface area contributed by atoms with Gasteiger partial charge in [-0.2, -0.15) is 0 Å². The average molecular weight is 254 g/mol. The molecule has 0 aromatic rings. The zero-order chi connectivity index (χ0) is 12.8. The van der Waals surface area contributed by atoms with Crippen LogP contribution in [0.4, 0.5) is 0 Å². The fourth-order valence-electron chi connectivity index (χ4n) is 3.08. The van der Waals surface area contributed by atoms with Crippen LogP contribution in [0.3, 0.4) is 0 Å². The van der Waals surface area contributed by atoms with Gasteiger partial charge in [-0.1, -0.05) is 20.8 Å². The summed E-state index contributed by atoms with van der Waals surface area (Å²) in [4.78, 5) is 10.5. The van der Waals surface area contributed by atoms with Crippen LogP contribution in [0, 0.1) is 17.8 Å². The molecule has 0 aromatic heterocycles. The van der Waals surface area contributed by atoms with Crippen molar-refractivity contribution in [2.75, 3.05) is 0 Å². The van der Waals surface area contributed by atoms with Crippen molar-refractivity contribution in [2.45, 2.75) is 64.3 Å². The Hall–Kier alpha value is -0.153. The Balaban J connectivity index is 1.83. The maximum Gasteiger partial charge on any atom is 0.192 e. The summed E-state index contributed by atoms with van der Waals surface area (Å²) in [5.41, 5.74) is 0. The second-order valence-electron chi connectivity index (χ2n) is 7.37. The van der Waals surface area contributed by atoms with Crippen molar-refractivity contribution in [3.05, 3.63) is 0 Å². The normalized spacial score (nSPS) is 36.8. The molecule has 2 atom stereocenters. The Morgan fingerprint density at radius 3 is 2.18 bits per heavy atom. The van der Waals surface area contributed by atoms with Gasteiger partial charge < -0.3 is 9.22 Å². The fraction of sp³-hybridized carbons (Fsp3) is 0.929. The molecule has 2 aliphatic carbocycles. The fourth-order valence-corrected chi connectivity index (χ4v) is 4.46. The summed E-state index contributed by atoms with van der Waals surface area (Å²) in [5.74, 6) is 2.30. The van der Waals surface area contributed by atoms with Crippen LogP contribution < -0.4 is 0 Å². The van der Waals surface area contributed by atoms with Crippen molar-refractivity contribution in [3.63, 3.8) is 0 Å². The molecule has 98 valence electrons. The molecule has 0 heterocycles. The second-order valence-corrected chi connectivity index (χ2v) is 12.1. The molecule has 2 nitrogen and oxygen atoms in total. The molecule has 0 saturated heterocycles. The second kappa shape index (κ2) is 4.20. The summed E-state index contributed by atoms with van der Waals surface area (Å²) in [6, 6.07) is 0. The molecule has 0 radical (unpaired) electrons. The van der Waals surface area contributed by atoms with E-state index in [1.165, 1.54) is 12.8 Å². The van der Waals surface area contributed by atoms with E-state index in [0.717, 1.165) is 24.5 Å². The van der Waals surface area contributed by atoms with Gasteiger partial charge >= 0.3 is 0 Å². The van der Waals surface area contributed by atoms with Crippen molar-refractivity contribution >= 4 is 14.6 Å². The van der Waals surface area contributed by atoms with Crippen molar-refractivity contribution in [1.29, 1.82) is 0 Å². The lowest BCUT2D eigenvalue weighted by Gasteiger charge is -2.39. The standard InChI is InChI=1S/C14H26O2Si/c1-14(2,3)17(4,5)16-10-8-12-11(6-7-15)13(12)9-10/h7,10-13H,6,8-9H2,1-5H3. The Labute approximate surface area is 106 Å². The minimum atomic E-state index is -1.59. The summed E-state index contributed by atoms with van der Waals surface area (Å²) in [7, 11) is -1.59. The Morgan fingerprint density at radius 2 is 1.76 bits per heavy atom. The predicted molar refractivity (Wildman–Crippen MR) is 72.5 cm³/mol. The van der Waals surface area contributed by atoms with E-state index in [4.69, 9.17) is 4.43 Å². The topological polar surface area (TPSA) is 26.3 Å². The van der Waals surface area contributed by atoms with E-state index in [-0.39, 0.29) is 0 Å². The van der Waals surface area contributed by atoms with Crippen LogP contribution >= 0.6 is 0 Å². The van der Waals surface area contributed by atoms with Gasteiger partial charge in [0.2, 0.25) is 0 Å². The molecule has 0 N–H and O–H groups in total. The monoisotopic (exact) mass is 254 g/mol. The molecule has 2 aliphatic rings. The van der Waals surface area contributed by atoms with Gasteiger partial charge in [-0.25, -0.2) is 0 Å². The molecule has 0 aliphatic heterocycles. The molecule has 0 amide bonds. The molecule has 2 fully saturated rings. The van der Waals surface area contributed by atoms with Crippen LogP contribution in [0.15, 0.2) is 0 Å². The molecular formula is C14H26O2Si. The first-order valence-electron chi connectivity index (χ1n) is 6.88. The van der Waals surface area contributed by atoms with Crippen LogP contribution in [0.2, 0.25) is 18.1 Å². The van der Waals surface area contributed by atoms with Gasteiger partial charge in [0, 0.05) is 12.5 Å². The number of hydrogen-bond donors (Lipinski definition) is 0. The number of carbonyl (C=O) groups excluding carboxylic acids is 1. The number of carbonyl (C=O) groups is 1. The van der Waals surface area contributed by atoms with Crippen molar-refractivity contribution in [2.24, 2.45) is 17.8 Å². The SMILES string of the molecule is CC(C)(C)[Si](C)(C)OC1CC2C(CC=O)C2C1. The molecule has 2 rings (SSSR count). The number of hydrogen-bond acceptors (Lipinski definition) is 2. The highest BCUT2D eigenvalue weighted by Crippen LogP contribution is 2.60. The number of fused-ring (bicyclic) bond motifs is 1. The highest BCUT2D eigenvalue weighted by atomic mass is 28.4. The molecule has 0 spiro atoms. The molecule has 3 heteroatoms. The molecule has 2 unspecified atom stereocenters. The minimum absolute atomic E-state index is 0.308. The molecule has 2 saturated carbocycles. The number of aldehydes is 1. The molecule has 0 bridgehead atoms. The van der Waals surface area contributed by atoms with Gasteiger partial charge in [-0.15, -0.1) is 0 Å². The van der Waals surface area contributed by atoms with E-state index in [9.17, 15) is 4.79 Å². The van der Waals surface area contributed by atoms with Crippen LogP contribution in [0.25, 0.3) is 0 Å². The first-order valence-corrected chi connectivity index (χ1v) is 9.78. The summed E-state index contributed by atoms with van der Waals surface area (Å²) in [5, 5.41) is 0.308. The van der Waals surface area contributed by atoms with Gasteiger partial charge in [0.05, 0.1) is 0 Å². The van der Waals surface area contributed by atoms with Crippen LogP contribution in [-0.2, 0) is 9.22 Å². The first-order chi connectivity index (χ1) is 7.76. The number of rotatable bonds is 4. The van der Waals surface area contributed by atoms with Gasteiger partial charge in [0.25, 0.3) is 0 Å². The summed E-state index contributed by atoms with van der Waals surface area (Å²) in [6.45, 7) is 11.6. The van der Waals surface area contributed by atoms with Gasteiger partial charge in [0.15, 0.2) is 8.32 Å². The van der Waals surface area contributed by atoms with Gasteiger partial charge in [0.1, 0.15) is 6.29 Å². The lowest BCUT2D eigenvalue weighted by Crippen LogP contribution is -2.43. The Bertz CT molecular complexity index is 294. The quantitative estimate of drug-likeness (QED) is 0.566. The molecular weight excluding hydrogens is 228 g/mol. The maximum absolute atomic E-state index is 10.5. The minimum Gasteiger partial charge on any atom is -0.414 e. The third kappa shape index (κ3) is 2.50. The first kappa shape index (κ1) is 13.3. The highest BCUT2D eigenvalue weighted by Gasteiger charge is 2.56. The summed E-state index contributed by atoms with van der Waals surface area (Å²) < 4.78 is 6.44. The van der Waals surface area contributed by atoms with Crippen LogP contribution in [0.5, 0.6) is 0 Å². The lowest BCUT2D eigenvalue weighted by molar-refractivity contribution is -0.108. The third-order valence-electron chi connectivity index (χ3n) is 5.21. The van der Waals surface area contributed by atoms with Crippen LogP contribution in [0.1, 0.15) is 40.0 Å². The maximum atomic E-state index is 10.5. The lowest BCUT2D eigenvalue weighted by atomic mass is 10.1. The van der Waals surface area contributed by atoms with E-state index in [0.29, 0.717) is 17.1 Å². The van der Waals surface area contributed by atoms with E-state index in [1.807, 2.05) is 0 Å². The van der Waals surface area contributed by atoms with Crippen molar-refractivity contribution in [1.82, 2.24) is 0 Å². The summed E-state index contributed by atoms with van der Waals surface area (Å²) in [6.07, 6.45) is 4.76. The predicted octanol–water partition coefficient (Wildman–Crippen LogP) is 3.62. The summed E-state index contributed by atoms with van der Waals surface area (Å²) >= 11 is 0. The zero-order valence-corrected chi connectivity index (χ0v) is 12.8. The Morgan fingerprint density at radius 1 is 1.24 bits per heavy atom. The van der Waals surface area contributed by atoms with Crippen molar-refractivity contribution < 1.29 is 9.22 Å². The largest absolute Gasteiger partial charge is 0.414 e. The smallest absolute Gasteiger partial charge is 0.192 e. The third-order valence-corrected chi connectivity index (χ3v) is 9.75. The molecule has 0 aromatic carbocycles. The zero-order valence-electron chi connectivity index (χ0n) is 11.8. The molecule has 17 heavy (non-hydrogen) atoms. The van der Waals surface area contributed by atoms with E-state index in [1.54, 1.807) is 0 Å². The van der Waals surface area contributed by atoms with Gasteiger partial charge in [-0.3, -0.25) is 0 Å².